The number of hydrogen-bond donors (Lipinski definition) is 0. The van der Waals surface area contributed by atoms with Gasteiger partial charge >= 0.3 is 0 Å². The lowest BCUT2D eigenvalue weighted by Crippen LogP contribution is -2.15. The van der Waals surface area contributed by atoms with Crippen molar-refractivity contribution < 1.29 is 0 Å². The summed E-state index contributed by atoms with van der Waals surface area (Å²) in [4.78, 5) is 8.70. The molecule has 0 unspecified atom stereocenters. The Balaban J connectivity index is 1.74. The Bertz CT molecular complexity index is 425. The zero-order valence-corrected chi connectivity index (χ0v) is 12.5. The molecule has 1 fully saturated rings. The molecule has 2 rings (SSSR count). The van der Waals surface area contributed by atoms with Crippen LogP contribution in [0.25, 0.3) is 0 Å². The molecule has 3 nitrogen and oxygen atoms in total. The van der Waals surface area contributed by atoms with E-state index in [1.807, 2.05) is 0 Å². The molecule has 0 N–H and O–H groups in total. The van der Waals surface area contributed by atoms with Crippen molar-refractivity contribution >= 4 is 0 Å². The smallest absolute Gasteiger partial charge is 0.131 e. The summed E-state index contributed by atoms with van der Waals surface area (Å²) >= 11 is 0. The van der Waals surface area contributed by atoms with Gasteiger partial charge in [0.1, 0.15) is 11.9 Å². The van der Waals surface area contributed by atoms with Crippen LogP contribution in [0, 0.1) is 17.2 Å². The van der Waals surface area contributed by atoms with E-state index in [0.29, 0.717) is 11.5 Å². The van der Waals surface area contributed by atoms with E-state index in [1.165, 1.54) is 57.8 Å². The van der Waals surface area contributed by atoms with Crippen LogP contribution in [0.4, 0.5) is 0 Å². The molecule has 0 atom stereocenters. The lowest BCUT2D eigenvalue weighted by Gasteiger charge is -2.27. The minimum atomic E-state index is 0.509. The SMILES string of the molecule is CCCCCC[C@H]1CC[C@H](c2ncc(C#N)cn2)CC1. The van der Waals surface area contributed by atoms with Crippen LogP contribution in [-0.2, 0) is 0 Å². The largest absolute Gasteiger partial charge is 0.240 e. The summed E-state index contributed by atoms with van der Waals surface area (Å²) in [6.07, 6.45) is 15.3. The molecular weight excluding hydrogens is 246 g/mol. The molecule has 1 aromatic rings. The standard InChI is InChI=1S/C17H25N3/c1-2-3-4-5-6-14-7-9-16(10-8-14)17-19-12-15(11-18)13-20-17/h12-14,16H,2-10H2,1H3/t14-,16-. The van der Waals surface area contributed by atoms with Crippen LogP contribution in [0.5, 0.6) is 0 Å². The first-order valence-corrected chi connectivity index (χ1v) is 8.05. The lowest BCUT2D eigenvalue weighted by molar-refractivity contribution is 0.296. The van der Waals surface area contributed by atoms with Gasteiger partial charge in [-0.25, -0.2) is 9.97 Å². The fraction of sp³-hybridized carbons (Fsp3) is 0.706. The minimum absolute atomic E-state index is 0.509. The molecule has 1 saturated carbocycles. The second-order valence-electron chi connectivity index (χ2n) is 6.01. The summed E-state index contributed by atoms with van der Waals surface area (Å²) in [6.45, 7) is 2.27. The Morgan fingerprint density at radius 2 is 1.80 bits per heavy atom. The van der Waals surface area contributed by atoms with Gasteiger partial charge in [-0.2, -0.15) is 5.26 Å². The van der Waals surface area contributed by atoms with E-state index < -0.39 is 0 Å². The molecular formula is C17H25N3. The second-order valence-corrected chi connectivity index (χ2v) is 6.01. The number of nitrogens with zero attached hydrogens (tertiary/aromatic N) is 3. The molecule has 1 heterocycles. The van der Waals surface area contributed by atoms with Crippen LogP contribution in [-0.4, -0.2) is 9.97 Å². The molecule has 3 heteroatoms. The molecule has 1 aliphatic rings. The fourth-order valence-corrected chi connectivity index (χ4v) is 3.18. The van der Waals surface area contributed by atoms with E-state index >= 15 is 0 Å². The molecule has 20 heavy (non-hydrogen) atoms. The maximum Gasteiger partial charge on any atom is 0.131 e. The molecule has 0 saturated heterocycles. The van der Waals surface area contributed by atoms with Crippen LogP contribution < -0.4 is 0 Å². The van der Waals surface area contributed by atoms with Crippen molar-refractivity contribution in [3.63, 3.8) is 0 Å². The Labute approximate surface area is 122 Å². The Morgan fingerprint density at radius 1 is 1.10 bits per heavy atom. The molecule has 0 radical (unpaired) electrons. The predicted octanol–water partition coefficient (Wildman–Crippen LogP) is 4.59. The quantitative estimate of drug-likeness (QED) is 0.711. The highest BCUT2D eigenvalue weighted by atomic mass is 14.9. The van der Waals surface area contributed by atoms with Gasteiger partial charge in [-0.3, -0.25) is 0 Å². The fourth-order valence-electron chi connectivity index (χ4n) is 3.18. The summed E-state index contributed by atoms with van der Waals surface area (Å²) in [7, 11) is 0. The van der Waals surface area contributed by atoms with Crippen molar-refractivity contribution in [3.8, 4) is 6.07 Å². The minimum Gasteiger partial charge on any atom is -0.240 e. The normalized spacial score (nSPS) is 22.4. The number of hydrogen-bond acceptors (Lipinski definition) is 3. The third kappa shape index (κ3) is 4.30. The van der Waals surface area contributed by atoms with Crippen LogP contribution in [0.1, 0.15) is 82.0 Å². The van der Waals surface area contributed by atoms with Crippen LogP contribution in [0.15, 0.2) is 12.4 Å². The van der Waals surface area contributed by atoms with Crippen LogP contribution in [0.3, 0.4) is 0 Å². The first-order chi connectivity index (χ1) is 9.83. The number of nitriles is 1. The summed E-state index contributed by atoms with van der Waals surface area (Å²) in [5, 5.41) is 8.76. The highest BCUT2D eigenvalue weighted by molar-refractivity contribution is 5.22. The third-order valence-electron chi connectivity index (χ3n) is 4.48. The third-order valence-corrected chi connectivity index (χ3v) is 4.48. The molecule has 0 amide bonds. The highest BCUT2D eigenvalue weighted by Crippen LogP contribution is 2.36. The molecule has 0 bridgehead atoms. The van der Waals surface area contributed by atoms with E-state index in [-0.39, 0.29) is 0 Å². The lowest BCUT2D eigenvalue weighted by atomic mass is 9.79. The zero-order valence-electron chi connectivity index (χ0n) is 12.5. The van der Waals surface area contributed by atoms with Crippen LogP contribution in [0.2, 0.25) is 0 Å². The maximum atomic E-state index is 8.76. The van der Waals surface area contributed by atoms with E-state index in [4.69, 9.17) is 5.26 Å². The zero-order chi connectivity index (χ0) is 14.2. The van der Waals surface area contributed by atoms with Gasteiger partial charge in [0.15, 0.2) is 0 Å². The Hall–Kier alpha value is -1.43. The van der Waals surface area contributed by atoms with Gasteiger partial charge < -0.3 is 0 Å². The Morgan fingerprint density at radius 3 is 2.40 bits per heavy atom. The van der Waals surface area contributed by atoms with Crippen molar-refractivity contribution in [2.75, 3.05) is 0 Å². The van der Waals surface area contributed by atoms with Gasteiger partial charge in [-0.05, 0) is 31.6 Å². The van der Waals surface area contributed by atoms with E-state index in [9.17, 15) is 0 Å². The van der Waals surface area contributed by atoms with Gasteiger partial charge in [0, 0.05) is 18.3 Å². The van der Waals surface area contributed by atoms with Crippen LogP contribution >= 0.6 is 0 Å². The van der Waals surface area contributed by atoms with Crippen molar-refractivity contribution in [3.05, 3.63) is 23.8 Å². The van der Waals surface area contributed by atoms with Crippen molar-refractivity contribution in [2.24, 2.45) is 5.92 Å². The number of unbranched alkanes of at least 4 members (excludes halogenated alkanes) is 3. The molecule has 108 valence electrons. The molecule has 1 aromatic heterocycles. The van der Waals surface area contributed by atoms with Gasteiger partial charge in [-0.1, -0.05) is 39.0 Å². The maximum absolute atomic E-state index is 8.76. The Kier molecular flexibility index (Phi) is 5.98. The van der Waals surface area contributed by atoms with Gasteiger partial charge in [0.2, 0.25) is 0 Å². The molecule has 0 aromatic carbocycles. The van der Waals surface area contributed by atoms with Gasteiger partial charge in [0.25, 0.3) is 0 Å². The van der Waals surface area contributed by atoms with E-state index in [1.54, 1.807) is 12.4 Å². The van der Waals surface area contributed by atoms with Crippen molar-refractivity contribution in [1.29, 1.82) is 5.26 Å². The van der Waals surface area contributed by atoms with Gasteiger partial charge in [0.05, 0.1) is 5.56 Å². The topological polar surface area (TPSA) is 49.6 Å². The van der Waals surface area contributed by atoms with Gasteiger partial charge in [-0.15, -0.1) is 0 Å². The monoisotopic (exact) mass is 271 g/mol. The van der Waals surface area contributed by atoms with E-state index in [2.05, 4.69) is 23.0 Å². The summed E-state index contributed by atoms with van der Waals surface area (Å²) in [6, 6.07) is 2.07. The highest BCUT2D eigenvalue weighted by Gasteiger charge is 2.23. The first-order valence-electron chi connectivity index (χ1n) is 8.05. The summed E-state index contributed by atoms with van der Waals surface area (Å²) in [5.74, 6) is 2.37. The first kappa shape index (κ1) is 15.0. The number of rotatable bonds is 6. The van der Waals surface area contributed by atoms with Crippen molar-refractivity contribution in [2.45, 2.75) is 70.6 Å². The number of aromatic nitrogens is 2. The summed E-state index contributed by atoms with van der Waals surface area (Å²) in [5.41, 5.74) is 0.554. The predicted molar refractivity (Wildman–Crippen MR) is 80.2 cm³/mol. The average Bonchev–Trinajstić information content (AvgIpc) is 2.52. The molecule has 0 aliphatic heterocycles. The second kappa shape index (κ2) is 7.99. The van der Waals surface area contributed by atoms with E-state index in [0.717, 1.165) is 11.7 Å². The molecule has 0 spiro atoms. The summed E-state index contributed by atoms with van der Waals surface area (Å²) < 4.78 is 0. The van der Waals surface area contributed by atoms with Crippen molar-refractivity contribution in [1.82, 2.24) is 9.97 Å². The average molecular weight is 271 g/mol. The molecule has 1 aliphatic carbocycles.